The minimum atomic E-state index is 0.633. The van der Waals surface area contributed by atoms with Gasteiger partial charge in [0.05, 0.1) is 0 Å². The molecule has 0 unspecified atom stereocenters. The Morgan fingerprint density at radius 3 is 2.58 bits per heavy atom. The first-order chi connectivity index (χ1) is 12.7. The van der Waals surface area contributed by atoms with Crippen LogP contribution in [0, 0.1) is 5.92 Å². The second-order valence-corrected chi connectivity index (χ2v) is 7.64. The summed E-state index contributed by atoms with van der Waals surface area (Å²) in [4.78, 5) is 20.5. The molecule has 3 rings (SSSR count). The average Bonchev–Trinajstić information content (AvgIpc) is 3.10. The lowest BCUT2D eigenvalue weighted by Gasteiger charge is -2.37. The lowest BCUT2D eigenvalue weighted by molar-refractivity contribution is 0.225. The van der Waals surface area contributed by atoms with Crippen LogP contribution < -0.4 is 10.2 Å². The van der Waals surface area contributed by atoms with Crippen LogP contribution in [0.5, 0.6) is 0 Å². The summed E-state index contributed by atoms with van der Waals surface area (Å²) in [6.45, 7) is 11.8. The van der Waals surface area contributed by atoms with E-state index in [0.29, 0.717) is 6.04 Å². The molecule has 0 bridgehead atoms. The van der Waals surface area contributed by atoms with Gasteiger partial charge in [-0.15, -0.1) is 0 Å². The summed E-state index contributed by atoms with van der Waals surface area (Å²) in [5.41, 5.74) is 0. The van der Waals surface area contributed by atoms with E-state index in [1.165, 1.54) is 25.9 Å². The lowest BCUT2D eigenvalue weighted by atomic mass is 10.1. The van der Waals surface area contributed by atoms with Gasteiger partial charge in [-0.1, -0.05) is 13.8 Å². The maximum absolute atomic E-state index is 4.52. The Hall–Kier alpha value is -1.89. The largest absolute Gasteiger partial charge is 0.355 e. The van der Waals surface area contributed by atoms with Crippen LogP contribution in [-0.4, -0.2) is 84.6 Å². The van der Waals surface area contributed by atoms with Gasteiger partial charge in [0.25, 0.3) is 0 Å². The first kappa shape index (κ1) is 18.9. The minimum Gasteiger partial charge on any atom is -0.355 e. The minimum absolute atomic E-state index is 0.633. The van der Waals surface area contributed by atoms with E-state index >= 15 is 0 Å². The maximum Gasteiger partial charge on any atom is 0.225 e. The molecule has 0 spiro atoms. The molecule has 0 radical (unpaired) electrons. The van der Waals surface area contributed by atoms with Crippen LogP contribution in [0.4, 0.5) is 5.95 Å². The Morgan fingerprint density at radius 2 is 1.92 bits per heavy atom. The van der Waals surface area contributed by atoms with E-state index in [0.717, 1.165) is 50.5 Å². The second kappa shape index (κ2) is 9.16. The number of hydrogen-bond donors (Lipinski definition) is 1. The monoisotopic (exact) mass is 359 g/mol. The molecule has 0 aromatic carbocycles. The molecule has 0 saturated carbocycles. The molecule has 144 valence electrons. The summed E-state index contributed by atoms with van der Waals surface area (Å²) in [6, 6.07) is 2.49. The fraction of sp³-hybridized carbons (Fsp3) is 0.737. The Kier molecular flexibility index (Phi) is 6.66. The SMILES string of the molecule is CN=C(NC[C@H]1CCCN1CC(C)C)N1CCN(c2ncccn2)CC1. The van der Waals surface area contributed by atoms with E-state index in [2.05, 4.69) is 48.8 Å². The first-order valence-corrected chi connectivity index (χ1v) is 9.89. The third kappa shape index (κ3) is 4.84. The number of piperazine rings is 1. The standard InChI is InChI=1S/C19H33N7/c1-16(2)15-26-9-4-6-17(26)14-23-18(20-3)24-10-12-25(13-11-24)19-21-7-5-8-22-19/h5,7-8,16-17H,4,6,9-15H2,1-3H3,(H,20,23)/t17-/m1/s1. The molecule has 2 fully saturated rings. The number of aromatic nitrogens is 2. The number of aliphatic imine (C=N–C) groups is 1. The van der Waals surface area contributed by atoms with Gasteiger partial charge in [-0.05, 0) is 31.4 Å². The van der Waals surface area contributed by atoms with Crippen molar-refractivity contribution in [1.29, 1.82) is 0 Å². The molecule has 1 aromatic rings. The van der Waals surface area contributed by atoms with E-state index in [-0.39, 0.29) is 0 Å². The van der Waals surface area contributed by atoms with Crippen molar-refractivity contribution in [1.82, 2.24) is 25.1 Å². The van der Waals surface area contributed by atoms with E-state index in [1.807, 2.05) is 13.1 Å². The molecule has 2 saturated heterocycles. The average molecular weight is 360 g/mol. The van der Waals surface area contributed by atoms with Gasteiger partial charge in [-0.2, -0.15) is 0 Å². The molecule has 26 heavy (non-hydrogen) atoms. The number of nitrogens with one attached hydrogen (secondary N) is 1. The van der Waals surface area contributed by atoms with Crippen molar-refractivity contribution in [2.24, 2.45) is 10.9 Å². The van der Waals surface area contributed by atoms with Crippen molar-refractivity contribution in [2.45, 2.75) is 32.7 Å². The summed E-state index contributed by atoms with van der Waals surface area (Å²) in [5.74, 6) is 2.57. The Labute approximate surface area is 157 Å². The number of rotatable bonds is 5. The van der Waals surface area contributed by atoms with E-state index in [4.69, 9.17) is 0 Å². The van der Waals surface area contributed by atoms with E-state index < -0.39 is 0 Å². The third-order valence-corrected chi connectivity index (χ3v) is 5.22. The van der Waals surface area contributed by atoms with Gasteiger partial charge >= 0.3 is 0 Å². The summed E-state index contributed by atoms with van der Waals surface area (Å²) >= 11 is 0. The molecular formula is C19H33N7. The van der Waals surface area contributed by atoms with Crippen LogP contribution in [0.25, 0.3) is 0 Å². The Morgan fingerprint density at radius 1 is 1.19 bits per heavy atom. The highest BCUT2D eigenvalue weighted by Gasteiger charge is 2.26. The predicted molar refractivity (Wildman–Crippen MR) is 107 cm³/mol. The van der Waals surface area contributed by atoms with Gasteiger partial charge in [0.15, 0.2) is 5.96 Å². The number of likely N-dealkylation sites (tertiary alicyclic amines) is 1. The van der Waals surface area contributed by atoms with Crippen LogP contribution in [0.2, 0.25) is 0 Å². The smallest absolute Gasteiger partial charge is 0.225 e. The zero-order chi connectivity index (χ0) is 18.4. The molecule has 1 atom stereocenters. The topological polar surface area (TPSA) is 59.9 Å². The molecule has 3 heterocycles. The van der Waals surface area contributed by atoms with Crippen molar-refractivity contribution in [2.75, 3.05) is 57.8 Å². The molecule has 0 aliphatic carbocycles. The molecule has 2 aliphatic heterocycles. The molecule has 7 nitrogen and oxygen atoms in total. The Bertz CT molecular complexity index is 567. The Balaban J connectivity index is 1.48. The zero-order valence-electron chi connectivity index (χ0n) is 16.4. The predicted octanol–water partition coefficient (Wildman–Crippen LogP) is 1.29. The summed E-state index contributed by atoms with van der Waals surface area (Å²) in [6.07, 6.45) is 6.21. The maximum atomic E-state index is 4.52. The van der Waals surface area contributed by atoms with Crippen LogP contribution in [0.1, 0.15) is 26.7 Å². The number of hydrogen-bond acceptors (Lipinski definition) is 5. The highest BCUT2D eigenvalue weighted by molar-refractivity contribution is 5.80. The second-order valence-electron chi connectivity index (χ2n) is 7.64. The lowest BCUT2D eigenvalue weighted by Crippen LogP contribution is -2.54. The molecule has 1 N–H and O–H groups in total. The highest BCUT2D eigenvalue weighted by atomic mass is 15.4. The van der Waals surface area contributed by atoms with Crippen molar-refractivity contribution in [3.63, 3.8) is 0 Å². The molecule has 7 heteroatoms. The van der Waals surface area contributed by atoms with E-state index in [9.17, 15) is 0 Å². The van der Waals surface area contributed by atoms with Crippen molar-refractivity contribution in [3.05, 3.63) is 18.5 Å². The van der Waals surface area contributed by atoms with Gasteiger partial charge in [0.2, 0.25) is 5.95 Å². The fourth-order valence-electron chi connectivity index (χ4n) is 3.95. The van der Waals surface area contributed by atoms with Crippen molar-refractivity contribution in [3.8, 4) is 0 Å². The number of anilines is 1. The zero-order valence-corrected chi connectivity index (χ0v) is 16.4. The van der Waals surface area contributed by atoms with Gasteiger partial charge in [-0.3, -0.25) is 9.89 Å². The fourth-order valence-corrected chi connectivity index (χ4v) is 3.95. The summed E-state index contributed by atoms with van der Waals surface area (Å²) in [7, 11) is 1.88. The highest BCUT2D eigenvalue weighted by Crippen LogP contribution is 2.18. The van der Waals surface area contributed by atoms with Crippen molar-refractivity contribution < 1.29 is 0 Å². The number of guanidine groups is 1. The van der Waals surface area contributed by atoms with Gasteiger partial charge in [0, 0.05) is 64.8 Å². The molecule has 1 aromatic heterocycles. The first-order valence-electron chi connectivity index (χ1n) is 9.89. The van der Waals surface area contributed by atoms with Crippen LogP contribution >= 0.6 is 0 Å². The van der Waals surface area contributed by atoms with Crippen LogP contribution in [0.15, 0.2) is 23.5 Å². The number of nitrogens with zero attached hydrogens (tertiary/aromatic N) is 6. The van der Waals surface area contributed by atoms with Crippen molar-refractivity contribution >= 4 is 11.9 Å². The third-order valence-electron chi connectivity index (χ3n) is 5.22. The summed E-state index contributed by atoms with van der Waals surface area (Å²) < 4.78 is 0. The van der Waals surface area contributed by atoms with Crippen LogP contribution in [0.3, 0.4) is 0 Å². The van der Waals surface area contributed by atoms with Crippen LogP contribution in [-0.2, 0) is 0 Å². The summed E-state index contributed by atoms with van der Waals surface area (Å²) in [5, 5.41) is 3.62. The van der Waals surface area contributed by atoms with Gasteiger partial charge < -0.3 is 15.1 Å². The van der Waals surface area contributed by atoms with E-state index in [1.54, 1.807) is 12.4 Å². The normalized spacial score (nSPS) is 22.3. The van der Waals surface area contributed by atoms with Gasteiger partial charge in [-0.25, -0.2) is 9.97 Å². The molecule has 2 aliphatic rings. The molecular weight excluding hydrogens is 326 g/mol. The van der Waals surface area contributed by atoms with Gasteiger partial charge in [0.1, 0.15) is 0 Å². The molecule has 0 amide bonds. The quantitative estimate of drug-likeness (QED) is 0.632.